The van der Waals surface area contributed by atoms with E-state index < -0.39 is 0 Å². The maximum atomic E-state index is 9.83. The second-order valence-corrected chi connectivity index (χ2v) is 0.843. The molecule has 0 saturated carbocycles. The summed E-state index contributed by atoms with van der Waals surface area (Å²) in [4.78, 5) is 9.83. The van der Waals surface area contributed by atoms with Crippen LogP contribution in [0.5, 0.6) is 0 Å². The van der Waals surface area contributed by atoms with E-state index in [0.717, 1.165) is 0 Å². The predicted octanol–water partition coefficient (Wildman–Crippen LogP) is 0.608. The van der Waals surface area contributed by atoms with Crippen LogP contribution in [0, 0.1) is 7.11 Å². The summed E-state index contributed by atoms with van der Waals surface area (Å²) in [6.45, 7) is 1.68. The standard InChI is InChI=1S/C4H6O2/c1-3-4(5)6-2/h2H,3H2,1H3. The SMILES string of the molecule is [CH]OC(=O)CC. The molecule has 0 heterocycles. The molecule has 0 saturated heterocycles. The lowest BCUT2D eigenvalue weighted by atomic mass is 10.5. The first kappa shape index (κ1) is 5.47. The molecule has 0 fully saturated rings. The first-order valence-corrected chi connectivity index (χ1v) is 1.70. The molecule has 0 aliphatic heterocycles. The lowest BCUT2D eigenvalue weighted by Crippen LogP contribution is -1.93. The first-order chi connectivity index (χ1) is 2.81. The summed E-state index contributed by atoms with van der Waals surface area (Å²) in [5.74, 6) is -0.380. The summed E-state index contributed by atoms with van der Waals surface area (Å²) in [6, 6.07) is 0. The zero-order chi connectivity index (χ0) is 4.99. The van der Waals surface area contributed by atoms with Gasteiger partial charge in [0.05, 0.1) is 0 Å². The summed E-state index contributed by atoms with van der Waals surface area (Å²) in [7, 11) is 4.43. The van der Waals surface area contributed by atoms with Crippen LogP contribution < -0.4 is 0 Å². The van der Waals surface area contributed by atoms with Gasteiger partial charge in [-0.3, -0.25) is 4.79 Å². The van der Waals surface area contributed by atoms with Crippen LogP contribution in [0.4, 0.5) is 0 Å². The molecule has 0 rings (SSSR count). The lowest BCUT2D eigenvalue weighted by Gasteiger charge is -1.85. The number of ether oxygens (including phenoxy) is 1. The van der Waals surface area contributed by atoms with Crippen LogP contribution in [0.15, 0.2) is 0 Å². The molecule has 0 aliphatic carbocycles. The Morgan fingerprint density at radius 3 is 2.50 bits per heavy atom. The minimum absolute atomic E-state index is 0.344. The lowest BCUT2D eigenvalue weighted by molar-refractivity contribution is -0.138. The van der Waals surface area contributed by atoms with Crippen molar-refractivity contribution in [2.24, 2.45) is 0 Å². The maximum absolute atomic E-state index is 9.83. The number of hydrogen-bond donors (Lipinski definition) is 0. The Hall–Kier alpha value is -0.530. The molecule has 0 bridgehead atoms. The van der Waals surface area contributed by atoms with Crippen molar-refractivity contribution in [2.45, 2.75) is 13.3 Å². The van der Waals surface area contributed by atoms with E-state index in [2.05, 4.69) is 11.8 Å². The highest BCUT2D eigenvalue weighted by Gasteiger charge is 1.88. The van der Waals surface area contributed by atoms with E-state index in [1.165, 1.54) is 0 Å². The maximum Gasteiger partial charge on any atom is 0.306 e. The third kappa shape index (κ3) is 1.76. The monoisotopic (exact) mass is 86.0 g/mol. The van der Waals surface area contributed by atoms with Crippen LogP contribution in [0.3, 0.4) is 0 Å². The van der Waals surface area contributed by atoms with Crippen LogP contribution in [0.25, 0.3) is 0 Å². The molecule has 0 aromatic carbocycles. The van der Waals surface area contributed by atoms with Crippen LogP contribution in [-0.2, 0) is 9.53 Å². The average Bonchev–Trinajstić information content (AvgIpc) is 1.65. The fourth-order valence-corrected chi connectivity index (χ4v) is 0.0833. The van der Waals surface area contributed by atoms with Gasteiger partial charge in [0, 0.05) is 6.42 Å². The summed E-state index contributed by atoms with van der Waals surface area (Å²) in [5.41, 5.74) is 0. The van der Waals surface area contributed by atoms with E-state index in [1.807, 2.05) is 0 Å². The fraction of sp³-hybridized carbons (Fsp3) is 0.500. The van der Waals surface area contributed by atoms with E-state index in [4.69, 9.17) is 0 Å². The quantitative estimate of drug-likeness (QED) is 0.437. The fourth-order valence-electron chi connectivity index (χ4n) is 0.0833. The predicted molar refractivity (Wildman–Crippen MR) is 20.7 cm³/mol. The third-order valence-corrected chi connectivity index (χ3v) is 0.420. The van der Waals surface area contributed by atoms with Gasteiger partial charge in [-0.25, -0.2) is 0 Å². The molecule has 0 aliphatic rings. The first-order valence-electron chi connectivity index (χ1n) is 1.70. The zero-order valence-corrected chi connectivity index (χ0v) is 3.60. The largest absolute Gasteiger partial charge is 0.454 e. The van der Waals surface area contributed by atoms with Gasteiger partial charge in [0.1, 0.15) is 0 Å². The Labute approximate surface area is 37.1 Å². The zero-order valence-electron chi connectivity index (χ0n) is 3.60. The van der Waals surface area contributed by atoms with Crippen LogP contribution >= 0.6 is 0 Å². The molecule has 0 atom stereocenters. The van der Waals surface area contributed by atoms with Gasteiger partial charge in [0.25, 0.3) is 0 Å². The minimum Gasteiger partial charge on any atom is -0.454 e. The van der Waals surface area contributed by atoms with Crippen molar-refractivity contribution in [2.75, 3.05) is 0 Å². The Morgan fingerprint density at radius 2 is 2.50 bits per heavy atom. The minimum atomic E-state index is -0.380. The molecular weight excluding hydrogens is 80.0 g/mol. The third-order valence-electron chi connectivity index (χ3n) is 0.420. The van der Waals surface area contributed by atoms with E-state index in [0.29, 0.717) is 6.42 Å². The molecular formula is C4H6O2. The molecule has 0 aromatic rings. The smallest absolute Gasteiger partial charge is 0.306 e. The average molecular weight is 86.1 g/mol. The molecule has 6 heavy (non-hydrogen) atoms. The molecule has 0 spiro atoms. The van der Waals surface area contributed by atoms with Gasteiger partial charge in [-0.15, -0.1) is 0 Å². The molecule has 0 unspecified atom stereocenters. The number of hydrogen-bond acceptors (Lipinski definition) is 2. The second-order valence-electron chi connectivity index (χ2n) is 0.843. The van der Waals surface area contributed by atoms with Gasteiger partial charge >= 0.3 is 5.97 Å². The summed E-state index contributed by atoms with van der Waals surface area (Å²) >= 11 is 0. The van der Waals surface area contributed by atoms with Crippen LogP contribution in [0.1, 0.15) is 13.3 Å². The Morgan fingerprint density at radius 1 is 2.00 bits per heavy atom. The number of rotatable bonds is 1. The number of carbonyl (C=O) groups excluding carboxylic acids is 1. The molecule has 2 heteroatoms. The Balaban J connectivity index is 2.99. The summed E-state index contributed by atoms with van der Waals surface area (Å²) in [6.07, 6.45) is 0.344. The van der Waals surface area contributed by atoms with Crippen molar-refractivity contribution < 1.29 is 9.53 Å². The Bertz CT molecular complexity index is 43.5. The molecule has 0 amide bonds. The second kappa shape index (κ2) is 2.69. The van der Waals surface area contributed by atoms with Gasteiger partial charge in [0.15, 0.2) is 7.11 Å². The van der Waals surface area contributed by atoms with Crippen LogP contribution in [0.2, 0.25) is 0 Å². The van der Waals surface area contributed by atoms with Gasteiger partial charge < -0.3 is 4.74 Å². The number of carbonyl (C=O) groups is 1. The van der Waals surface area contributed by atoms with Crippen molar-refractivity contribution in [3.8, 4) is 0 Å². The molecule has 0 N–H and O–H groups in total. The van der Waals surface area contributed by atoms with Gasteiger partial charge in [-0.05, 0) is 0 Å². The van der Waals surface area contributed by atoms with Crippen molar-refractivity contribution >= 4 is 5.97 Å². The molecule has 0 aromatic heterocycles. The van der Waals surface area contributed by atoms with E-state index in [1.54, 1.807) is 6.92 Å². The van der Waals surface area contributed by atoms with Gasteiger partial charge in [-0.1, -0.05) is 6.92 Å². The van der Waals surface area contributed by atoms with E-state index >= 15 is 0 Å². The molecule has 2 radical (unpaired) electrons. The molecule has 2 nitrogen and oxygen atoms in total. The Kier molecular flexibility index (Phi) is 2.46. The normalized spacial score (nSPS) is 7.67. The highest BCUT2D eigenvalue weighted by atomic mass is 16.5. The van der Waals surface area contributed by atoms with Crippen molar-refractivity contribution in [1.29, 1.82) is 0 Å². The highest BCUT2D eigenvalue weighted by Crippen LogP contribution is 1.77. The highest BCUT2D eigenvalue weighted by molar-refractivity contribution is 5.68. The van der Waals surface area contributed by atoms with Crippen molar-refractivity contribution in [3.05, 3.63) is 7.11 Å². The molecule has 34 valence electrons. The van der Waals surface area contributed by atoms with E-state index in [-0.39, 0.29) is 5.97 Å². The van der Waals surface area contributed by atoms with Crippen molar-refractivity contribution in [3.63, 3.8) is 0 Å². The van der Waals surface area contributed by atoms with E-state index in [9.17, 15) is 4.79 Å². The summed E-state index contributed by atoms with van der Waals surface area (Å²) in [5, 5.41) is 0. The topological polar surface area (TPSA) is 26.3 Å². The number of esters is 1. The van der Waals surface area contributed by atoms with Gasteiger partial charge in [-0.2, -0.15) is 0 Å². The van der Waals surface area contributed by atoms with Gasteiger partial charge in [0.2, 0.25) is 0 Å². The van der Waals surface area contributed by atoms with Crippen molar-refractivity contribution in [1.82, 2.24) is 0 Å². The van der Waals surface area contributed by atoms with Crippen LogP contribution in [-0.4, -0.2) is 5.97 Å². The summed E-state index contributed by atoms with van der Waals surface area (Å²) < 4.78 is 3.76.